The lowest BCUT2D eigenvalue weighted by Gasteiger charge is -2.49. The van der Waals surface area contributed by atoms with Gasteiger partial charge in [0.2, 0.25) is 0 Å². The number of piperidine rings is 1. The monoisotopic (exact) mass is 221 g/mol. The summed E-state index contributed by atoms with van der Waals surface area (Å²) in [4.78, 5) is 2.47. The van der Waals surface area contributed by atoms with Gasteiger partial charge in [0, 0.05) is 30.7 Å². The van der Waals surface area contributed by atoms with Gasteiger partial charge in [0.15, 0.2) is 0 Å². The van der Waals surface area contributed by atoms with Gasteiger partial charge in [-0.2, -0.15) is 0 Å². The van der Waals surface area contributed by atoms with Crippen LogP contribution < -0.4 is 11.1 Å². The zero-order valence-electron chi connectivity index (χ0n) is 10.3. The van der Waals surface area contributed by atoms with Crippen LogP contribution in [0.1, 0.15) is 32.6 Å². The van der Waals surface area contributed by atoms with Crippen LogP contribution in [-0.4, -0.2) is 30.2 Å². The molecule has 2 heterocycles. The fourth-order valence-corrected chi connectivity index (χ4v) is 4.01. The van der Waals surface area contributed by atoms with Crippen LogP contribution in [-0.2, 0) is 0 Å². The molecule has 16 heavy (non-hydrogen) atoms. The number of nitrogens with one attached hydrogen (secondary N) is 1. The number of hydrogen-bond donors (Lipinski definition) is 2. The van der Waals surface area contributed by atoms with E-state index in [2.05, 4.69) is 30.3 Å². The van der Waals surface area contributed by atoms with Crippen LogP contribution in [0.25, 0.3) is 0 Å². The lowest BCUT2D eigenvalue weighted by Crippen LogP contribution is -2.64. The molecule has 3 nitrogen and oxygen atoms in total. The molecule has 5 unspecified atom stereocenters. The first-order chi connectivity index (χ1) is 7.68. The SMILES string of the molecule is CC1=CC2C(N)NC3CCCCC3C2N1C. The van der Waals surface area contributed by atoms with E-state index in [1.54, 1.807) is 0 Å². The Balaban J connectivity index is 1.88. The van der Waals surface area contributed by atoms with E-state index in [9.17, 15) is 0 Å². The highest BCUT2D eigenvalue weighted by Crippen LogP contribution is 2.41. The van der Waals surface area contributed by atoms with Gasteiger partial charge in [0.05, 0.1) is 6.17 Å². The summed E-state index contributed by atoms with van der Waals surface area (Å²) in [7, 11) is 2.24. The summed E-state index contributed by atoms with van der Waals surface area (Å²) in [5.74, 6) is 1.32. The third-order valence-electron chi connectivity index (χ3n) is 4.91. The fourth-order valence-electron chi connectivity index (χ4n) is 4.01. The normalized spacial score (nSPS) is 47.3. The average molecular weight is 221 g/mol. The van der Waals surface area contributed by atoms with Crippen molar-refractivity contribution in [2.75, 3.05) is 7.05 Å². The molecule has 3 aliphatic rings. The van der Waals surface area contributed by atoms with Crippen molar-refractivity contribution in [2.24, 2.45) is 17.6 Å². The number of hydrogen-bond acceptors (Lipinski definition) is 3. The molecular weight excluding hydrogens is 198 g/mol. The maximum absolute atomic E-state index is 6.27. The number of allylic oxidation sites excluding steroid dienone is 1. The lowest BCUT2D eigenvalue weighted by molar-refractivity contribution is 0.0621. The van der Waals surface area contributed by atoms with Crippen LogP contribution in [0.15, 0.2) is 11.8 Å². The summed E-state index contributed by atoms with van der Waals surface area (Å²) >= 11 is 0. The molecule has 0 aromatic rings. The van der Waals surface area contributed by atoms with Gasteiger partial charge in [-0.15, -0.1) is 0 Å². The summed E-state index contributed by atoms with van der Waals surface area (Å²) in [5.41, 5.74) is 7.67. The number of rotatable bonds is 0. The minimum Gasteiger partial charge on any atom is -0.374 e. The van der Waals surface area contributed by atoms with E-state index in [4.69, 9.17) is 5.73 Å². The standard InChI is InChI=1S/C13H23N3/c1-8-7-10-12(16(8)2)9-5-3-4-6-11(9)15-13(10)14/h7,9-13,15H,3-6,14H2,1-2H3. The van der Waals surface area contributed by atoms with Crippen molar-refractivity contribution in [3.8, 4) is 0 Å². The molecule has 0 amide bonds. The Bertz CT molecular complexity index is 312. The Morgan fingerprint density at radius 3 is 2.94 bits per heavy atom. The first-order valence-corrected chi connectivity index (χ1v) is 6.61. The zero-order chi connectivity index (χ0) is 11.3. The van der Waals surface area contributed by atoms with Crippen LogP contribution >= 0.6 is 0 Å². The summed E-state index contributed by atoms with van der Waals surface area (Å²) in [6.45, 7) is 2.21. The molecule has 3 heteroatoms. The number of nitrogens with zero attached hydrogens (tertiary/aromatic N) is 1. The van der Waals surface area contributed by atoms with Gasteiger partial charge < -0.3 is 10.6 Å². The van der Waals surface area contributed by atoms with Gasteiger partial charge in [-0.3, -0.25) is 5.32 Å². The molecule has 2 fully saturated rings. The number of nitrogens with two attached hydrogens (primary N) is 1. The number of fused-ring (bicyclic) bond motifs is 3. The molecule has 0 aromatic heterocycles. The van der Waals surface area contributed by atoms with Crippen LogP contribution in [0.5, 0.6) is 0 Å². The highest BCUT2D eigenvalue weighted by Gasteiger charge is 2.47. The molecular formula is C13H23N3. The third kappa shape index (κ3) is 1.41. The topological polar surface area (TPSA) is 41.3 Å². The minimum absolute atomic E-state index is 0.157. The Morgan fingerprint density at radius 1 is 1.38 bits per heavy atom. The largest absolute Gasteiger partial charge is 0.374 e. The highest BCUT2D eigenvalue weighted by atomic mass is 15.2. The lowest BCUT2D eigenvalue weighted by atomic mass is 9.72. The molecule has 90 valence electrons. The van der Waals surface area contributed by atoms with Crippen molar-refractivity contribution in [1.29, 1.82) is 0 Å². The quantitative estimate of drug-likeness (QED) is 0.647. The van der Waals surface area contributed by atoms with Gasteiger partial charge in [-0.05, 0) is 25.7 Å². The Morgan fingerprint density at radius 2 is 2.12 bits per heavy atom. The second kappa shape index (κ2) is 3.74. The molecule has 1 saturated heterocycles. The van der Waals surface area contributed by atoms with E-state index in [1.165, 1.54) is 31.4 Å². The zero-order valence-corrected chi connectivity index (χ0v) is 10.3. The average Bonchev–Trinajstić information content (AvgIpc) is 2.57. The molecule has 2 aliphatic heterocycles. The van der Waals surface area contributed by atoms with Crippen molar-refractivity contribution in [3.63, 3.8) is 0 Å². The van der Waals surface area contributed by atoms with Gasteiger partial charge in [0.1, 0.15) is 0 Å². The summed E-state index contributed by atoms with van der Waals surface area (Å²) in [5, 5.41) is 3.64. The first kappa shape index (κ1) is 10.6. The molecule has 0 aromatic carbocycles. The van der Waals surface area contributed by atoms with E-state index < -0.39 is 0 Å². The van der Waals surface area contributed by atoms with Crippen molar-refractivity contribution >= 4 is 0 Å². The van der Waals surface area contributed by atoms with Crippen LogP contribution in [0, 0.1) is 11.8 Å². The molecule has 1 aliphatic carbocycles. The fraction of sp³-hybridized carbons (Fsp3) is 0.846. The first-order valence-electron chi connectivity index (χ1n) is 6.61. The van der Waals surface area contributed by atoms with Crippen molar-refractivity contribution in [2.45, 2.75) is 50.9 Å². The van der Waals surface area contributed by atoms with Gasteiger partial charge in [-0.1, -0.05) is 18.9 Å². The molecule has 3 N–H and O–H groups in total. The maximum Gasteiger partial charge on any atom is 0.0634 e. The predicted octanol–water partition coefficient (Wildman–Crippen LogP) is 1.27. The van der Waals surface area contributed by atoms with Crippen molar-refractivity contribution in [1.82, 2.24) is 10.2 Å². The molecule has 0 spiro atoms. The molecule has 0 bridgehead atoms. The summed E-state index contributed by atoms with van der Waals surface area (Å²) < 4.78 is 0. The molecule has 3 rings (SSSR count). The van der Waals surface area contributed by atoms with Gasteiger partial charge >= 0.3 is 0 Å². The van der Waals surface area contributed by atoms with Gasteiger partial charge in [0.25, 0.3) is 0 Å². The smallest absolute Gasteiger partial charge is 0.0634 e. The maximum atomic E-state index is 6.27. The van der Waals surface area contributed by atoms with Gasteiger partial charge in [-0.25, -0.2) is 0 Å². The van der Waals surface area contributed by atoms with E-state index in [-0.39, 0.29) is 6.17 Å². The molecule has 1 saturated carbocycles. The summed E-state index contributed by atoms with van der Waals surface area (Å²) in [6.07, 6.45) is 7.98. The highest BCUT2D eigenvalue weighted by molar-refractivity contribution is 5.19. The van der Waals surface area contributed by atoms with Crippen molar-refractivity contribution in [3.05, 3.63) is 11.8 Å². The minimum atomic E-state index is 0.157. The van der Waals surface area contributed by atoms with E-state index in [0.717, 1.165) is 5.92 Å². The molecule has 5 atom stereocenters. The van der Waals surface area contributed by atoms with Crippen LogP contribution in [0.3, 0.4) is 0 Å². The second-order valence-corrected chi connectivity index (χ2v) is 5.73. The molecule has 0 radical (unpaired) electrons. The predicted molar refractivity (Wildman–Crippen MR) is 65.7 cm³/mol. The van der Waals surface area contributed by atoms with E-state index >= 15 is 0 Å². The van der Waals surface area contributed by atoms with Crippen LogP contribution in [0.2, 0.25) is 0 Å². The second-order valence-electron chi connectivity index (χ2n) is 5.73. The summed E-state index contributed by atoms with van der Waals surface area (Å²) in [6, 6.07) is 1.31. The Kier molecular flexibility index (Phi) is 2.48. The Hall–Kier alpha value is -0.540. The van der Waals surface area contributed by atoms with E-state index in [0.29, 0.717) is 18.0 Å². The van der Waals surface area contributed by atoms with E-state index in [1.807, 2.05) is 0 Å². The van der Waals surface area contributed by atoms with Crippen LogP contribution in [0.4, 0.5) is 0 Å². The Labute approximate surface area is 98.1 Å². The van der Waals surface area contributed by atoms with Crippen molar-refractivity contribution < 1.29 is 0 Å². The third-order valence-corrected chi connectivity index (χ3v) is 4.91.